The maximum absolute atomic E-state index is 13.0. The first-order valence-corrected chi connectivity index (χ1v) is 11.0. The number of terminal acetylenes is 2. The number of anilines is 3. The lowest BCUT2D eigenvalue weighted by molar-refractivity contribution is 0.0635. The molecule has 7 nitrogen and oxygen atoms in total. The van der Waals surface area contributed by atoms with E-state index in [1.807, 2.05) is 0 Å². The maximum atomic E-state index is 13.0. The highest BCUT2D eigenvalue weighted by molar-refractivity contribution is 6.10. The van der Waals surface area contributed by atoms with Gasteiger partial charge >= 0.3 is 6.09 Å². The molecule has 3 aromatic rings. The van der Waals surface area contributed by atoms with Crippen molar-refractivity contribution in [3.05, 3.63) is 89.0 Å². The predicted molar refractivity (Wildman–Crippen MR) is 141 cm³/mol. The SMILES string of the molecule is C#Cc1ccc(NC(=O)c2cc(NC(=O)OC(C)(C)C)cc(C(=O)Nc3ccc(C#C)cc3)c2)cc1. The van der Waals surface area contributed by atoms with Gasteiger partial charge in [-0.25, -0.2) is 4.79 Å². The van der Waals surface area contributed by atoms with E-state index < -0.39 is 23.5 Å². The second kappa shape index (κ2) is 10.9. The van der Waals surface area contributed by atoms with Crippen LogP contribution in [0.3, 0.4) is 0 Å². The van der Waals surface area contributed by atoms with Crippen LogP contribution in [0.2, 0.25) is 0 Å². The number of benzene rings is 3. The summed E-state index contributed by atoms with van der Waals surface area (Å²) < 4.78 is 5.29. The number of carbonyl (C=O) groups excluding carboxylic acids is 3. The van der Waals surface area contributed by atoms with Crippen LogP contribution < -0.4 is 16.0 Å². The van der Waals surface area contributed by atoms with Gasteiger partial charge in [0.05, 0.1) is 0 Å². The fourth-order valence-electron chi connectivity index (χ4n) is 3.09. The molecule has 3 N–H and O–H groups in total. The van der Waals surface area contributed by atoms with Crippen molar-refractivity contribution in [2.45, 2.75) is 26.4 Å². The smallest absolute Gasteiger partial charge is 0.412 e. The Morgan fingerprint density at radius 2 is 1.08 bits per heavy atom. The normalized spacial score (nSPS) is 10.4. The van der Waals surface area contributed by atoms with E-state index in [0.717, 1.165) is 0 Å². The molecule has 36 heavy (non-hydrogen) atoms. The molecule has 180 valence electrons. The molecule has 0 heterocycles. The summed E-state index contributed by atoms with van der Waals surface area (Å²) in [5.41, 5.74) is 2.17. The molecule has 0 fully saturated rings. The lowest BCUT2D eigenvalue weighted by atomic mass is 10.1. The highest BCUT2D eigenvalue weighted by Crippen LogP contribution is 2.20. The molecule has 0 saturated heterocycles. The van der Waals surface area contributed by atoms with Crippen molar-refractivity contribution in [3.8, 4) is 24.7 Å². The average molecular weight is 480 g/mol. The maximum Gasteiger partial charge on any atom is 0.412 e. The second-order valence-corrected chi connectivity index (χ2v) is 8.78. The zero-order chi connectivity index (χ0) is 26.3. The summed E-state index contributed by atoms with van der Waals surface area (Å²) in [5.74, 6) is 4.05. The van der Waals surface area contributed by atoms with Gasteiger partial charge in [0.25, 0.3) is 11.8 Å². The van der Waals surface area contributed by atoms with Crippen molar-refractivity contribution < 1.29 is 19.1 Å². The number of hydrogen-bond donors (Lipinski definition) is 3. The van der Waals surface area contributed by atoms with E-state index in [9.17, 15) is 14.4 Å². The number of rotatable bonds is 5. The summed E-state index contributed by atoms with van der Waals surface area (Å²) in [6.07, 6.45) is 10.0. The van der Waals surface area contributed by atoms with Crippen molar-refractivity contribution in [2.24, 2.45) is 0 Å². The Morgan fingerprint density at radius 1 is 0.667 bits per heavy atom. The molecular formula is C29H25N3O4. The standard InChI is InChI=1S/C29H25N3O4/c1-6-19-8-12-23(13-9-19)30-26(33)21-16-22(18-25(17-21)32-28(35)36-29(3,4)5)27(34)31-24-14-10-20(7-2)11-15-24/h1-2,8-18H,3-5H3,(H,30,33)(H,31,34)(H,32,35). The molecule has 0 saturated carbocycles. The Kier molecular flexibility index (Phi) is 7.79. The molecule has 0 radical (unpaired) electrons. The van der Waals surface area contributed by atoms with Gasteiger partial charge < -0.3 is 15.4 Å². The number of nitrogens with one attached hydrogen (secondary N) is 3. The van der Waals surface area contributed by atoms with E-state index in [1.54, 1.807) is 69.3 Å². The molecule has 0 aliphatic rings. The third kappa shape index (κ3) is 7.24. The van der Waals surface area contributed by atoms with Crippen LogP contribution in [0.1, 0.15) is 52.6 Å². The number of hydrogen-bond acceptors (Lipinski definition) is 4. The summed E-state index contributed by atoms with van der Waals surface area (Å²) in [7, 11) is 0. The van der Waals surface area contributed by atoms with Crippen LogP contribution in [-0.4, -0.2) is 23.5 Å². The predicted octanol–water partition coefficient (Wildman–Crippen LogP) is 5.50. The highest BCUT2D eigenvalue weighted by Gasteiger charge is 2.19. The Hall–Kier alpha value is -5.01. The second-order valence-electron chi connectivity index (χ2n) is 8.78. The zero-order valence-electron chi connectivity index (χ0n) is 20.1. The van der Waals surface area contributed by atoms with Gasteiger partial charge in [-0.1, -0.05) is 11.8 Å². The van der Waals surface area contributed by atoms with E-state index in [0.29, 0.717) is 22.5 Å². The van der Waals surface area contributed by atoms with Crippen LogP contribution in [0, 0.1) is 24.7 Å². The van der Waals surface area contributed by atoms with Gasteiger partial charge in [0.1, 0.15) is 5.60 Å². The average Bonchev–Trinajstić information content (AvgIpc) is 2.83. The highest BCUT2D eigenvalue weighted by atomic mass is 16.6. The lowest BCUT2D eigenvalue weighted by Crippen LogP contribution is -2.27. The van der Waals surface area contributed by atoms with Gasteiger partial charge in [-0.15, -0.1) is 12.8 Å². The Bertz CT molecular complexity index is 1280. The fourth-order valence-corrected chi connectivity index (χ4v) is 3.09. The zero-order valence-corrected chi connectivity index (χ0v) is 20.1. The Morgan fingerprint density at radius 3 is 1.44 bits per heavy atom. The van der Waals surface area contributed by atoms with E-state index in [-0.39, 0.29) is 16.8 Å². The van der Waals surface area contributed by atoms with Crippen LogP contribution in [0.25, 0.3) is 0 Å². The van der Waals surface area contributed by atoms with Gasteiger partial charge in [0.15, 0.2) is 0 Å². The summed E-state index contributed by atoms with van der Waals surface area (Å²) in [6, 6.07) is 17.8. The first-order chi connectivity index (χ1) is 17.1. The minimum absolute atomic E-state index is 0.150. The third-order valence-electron chi connectivity index (χ3n) is 4.72. The summed E-state index contributed by atoms with van der Waals surface area (Å²) in [6.45, 7) is 5.19. The molecule has 3 amide bonds. The molecule has 0 unspecified atom stereocenters. The molecule has 0 aliphatic heterocycles. The van der Waals surface area contributed by atoms with Crippen LogP contribution in [-0.2, 0) is 4.74 Å². The summed E-state index contributed by atoms with van der Waals surface area (Å²) in [5, 5.41) is 8.09. The third-order valence-corrected chi connectivity index (χ3v) is 4.72. The number of amides is 3. The van der Waals surface area contributed by atoms with Gasteiger partial charge in [-0.3, -0.25) is 14.9 Å². The molecule has 0 bridgehead atoms. The van der Waals surface area contributed by atoms with Gasteiger partial charge in [-0.05, 0) is 87.5 Å². The molecule has 0 aliphatic carbocycles. The van der Waals surface area contributed by atoms with Gasteiger partial charge in [0, 0.05) is 39.3 Å². The minimum atomic E-state index is -0.728. The molecule has 3 rings (SSSR count). The van der Waals surface area contributed by atoms with Crippen molar-refractivity contribution in [1.29, 1.82) is 0 Å². The van der Waals surface area contributed by atoms with Crippen molar-refractivity contribution in [2.75, 3.05) is 16.0 Å². The molecule has 0 atom stereocenters. The lowest BCUT2D eigenvalue weighted by Gasteiger charge is -2.20. The van der Waals surface area contributed by atoms with E-state index in [1.165, 1.54) is 18.2 Å². The Balaban J connectivity index is 1.89. The number of ether oxygens (including phenoxy) is 1. The molecule has 7 heteroatoms. The minimum Gasteiger partial charge on any atom is -0.444 e. The molecular weight excluding hydrogens is 454 g/mol. The first-order valence-electron chi connectivity index (χ1n) is 11.0. The largest absolute Gasteiger partial charge is 0.444 e. The monoisotopic (exact) mass is 479 g/mol. The number of carbonyl (C=O) groups is 3. The first kappa shape index (κ1) is 25.6. The van der Waals surface area contributed by atoms with E-state index in [2.05, 4.69) is 27.8 Å². The topological polar surface area (TPSA) is 96.5 Å². The van der Waals surface area contributed by atoms with Crippen molar-refractivity contribution >= 4 is 35.0 Å². The summed E-state index contributed by atoms with van der Waals surface area (Å²) in [4.78, 5) is 38.3. The fraction of sp³-hybridized carbons (Fsp3) is 0.138. The van der Waals surface area contributed by atoms with E-state index >= 15 is 0 Å². The Labute approximate surface area is 210 Å². The van der Waals surface area contributed by atoms with Crippen LogP contribution >= 0.6 is 0 Å². The van der Waals surface area contributed by atoms with Crippen molar-refractivity contribution in [3.63, 3.8) is 0 Å². The quantitative estimate of drug-likeness (QED) is 0.421. The van der Waals surface area contributed by atoms with Crippen LogP contribution in [0.5, 0.6) is 0 Å². The van der Waals surface area contributed by atoms with Crippen LogP contribution in [0.4, 0.5) is 21.9 Å². The molecule has 3 aromatic carbocycles. The van der Waals surface area contributed by atoms with E-state index in [4.69, 9.17) is 17.6 Å². The molecule has 0 spiro atoms. The van der Waals surface area contributed by atoms with Crippen molar-refractivity contribution in [1.82, 2.24) is 0 Å². The van der Waals surface area contributed by atoms with Crippen LogP contribution in [0.15, 0.2) is 66.7 Å². The van der Waals surface area contributed by atoms with Gasteiger partial charge in [0.2, 0.25) is 0 Å². The van der Waals surface area contributed by atoms with Gasteiger partial charge in [-0.2, -0.15) is 0 Å². The molecule has 0 aromatic heterocycles. The summed E-state index contributed by atoms with van der Waals surface area (Å²) >= 11 is 0.